The van der Waals surface area contributed by atoms with Crippen molar-refractivity contribution in [2.75, 3.05) is 5.75 Å². The molecule has 2 aromatic heterocycles. The molecule has 0 aliphatic rings. The van der Waals surface area contributed by atoms with Crippen LogP contribution in [0.1, 0.15) is 37.2 Å². The van der Waals surface area contributed by atoms with Crippen molar-refractivity contribution in [2.24, 2.45) is 5.92 Å². The molecule has 116 valence electrons. The summed E-state index contributed by atoms with van der Waals surface area (Å²) in [6.45, 7) is 7.78. The van der Waals surface area contributed by atoms with Crippen LogP contribution in [0.2, 0.25) is 0 Å². The second kappa shape index (κ2) is 5.82. The summed E-state index contributed by atoms with van der Waals surface area (Å²) >= 11 is 1.48. The Morgan fingerprint density at radius 1 is 1.19 bits per heavy atom. The third-order valence-electron chi connectivity index (χ3n) is 3.51. The first-order valence-electron chi connectivity index (χ1n) is 6.68. The maximum atomic E-state index is 12.9. The molecule has 1 atom stereocenters. The van der Waals surface area contributed by atoms with E-state index in [0.29, 0.717) is 16.5 Å². The zero-order valence-corrected chi connectivity index (χ0v) is 13.1. The van der Waals surface area contributed by atoms with Gasteiger partial charge in [-0.3, -0.25) is 0 Å². The molecule has 0 aromatic carbocycles. The normalized spacial score (nSPS) is 13.9. The van der Waals surface area contributed by atoms with Crippen LogP contribution in [0, 0.1) is 19.8 Å². The quantitative estimate of drug-likeness (QED) is 0.802. The highest BCUT2D eigenvalue weighted by molar-refractivity contribution is 7.99. The number of thioether (sulfide) groups is 1. The summed E-state index contributed by atoms with van der Waals surface area (Å²) in [5.41, 5.74) is 1.70. The lowest BCUT2D eigenvalue weighted by Gasteiger charge is -2.12. The first kappa shape index (κ1) is 16.1. The minimum atomic E-state index is -4.56. The van der Waals surface area contributed by atoms with Gasteiger partial charge in [0.25, 0.3) is 5.82 Å². The van der Waals surface area contributed by atoms with Crippen LogP contribution in [-0.4, -0.2) is 25.6 Å². The lowest BCUT2D eigenvalue weighted by Crippen LogP contribution is -2.14. The van der Waals surface area contributed by atoms with Crippen molar-refractivity contribution >= 4 is 17.4 Å². The van der Waals surface area contributed by atoms with Crippen molar-refractivity contribution in [2.45, 2.75) is 45.3 Å². The molecule has 0 bridgehead atoms. The molecule has 2 aromatic rings. The first-order valence-corrected chi connectivity index (χ1v) is 7.66. The van der Waals surface area contributed by atoms with Gasteiger partial charge in [-0.05, 0) is 25.3 Å². The van der Waals surface area contributed by atoms with Crippen LogP contribution in [0.25, 0.3) is 5.65 Å². The molecule has 0 amide bonds. The Kier molecular flexibility index (Phi) is 4.46. The zero-order chi connectivity index (χ0) is 15.8. The monoisotopic (exact) mass is 318 g/mol. The lowest BCUT2D eigenvalue weighted by atomic mass is 10.2. The molecule has 0 aliphatic carbocycles. The summed E-state index contributed by atoms with van der Waals surface area (Å²) in [7, 11) is 0. The largest absolute Gasteiger partial charge is 0.453 e. The van der Waals surface area contributed by atoms with Gasteiger partial charge in [-0.25, -0.2) is 0 Å². The maximum Gasteiger partial charge on any atom is 0.453 e. The van der Waals surface area contributed by atoms with Crippen LogP contribution in [-0.2, 0) is 6.18 Å². The highest BCUT2D eigenvalue weighted by atomic mass is 32.2. The minimum absolute atomic E-state index is 0.160. The highest BCUT2D eigenvalue weighted by Gasteiger charge is 2.38. The molecule has 0 saturated carbocycles. The third-order valence-corrected chi connectivity index (χ3v) is 4.90. The van der Waals surface area contributed by atoms with E-state index in [2.05, 4.69) is 29.1 Å². The highest BCUT2D eigenvalue weighted by Crippen LogP contribution is 2.31. The summed E-state index contributed by atoms with van der Waals surface area (Å²) < 4.78 is 39.5. The van der Waals surface area contributed by atoms with E-state index < -0.39 is 12.0 Å². The topological polar surface area (TPSA) is 43.1 Å². The summed E-state index contributed by atoms with van der Waals surface area (Å²) in [5.74, 6) is 0.222. The van der Waals surface area contributed by atoms with Gasteiger partial charge in [-0.15, -0.1) is 22.0 Å². The van der Waals surface area contributed by atoms with Crippen LogP contribution in [0.5, 0.6) is 0 Å². The van der Waals surface area contributed by atoms with Gasteiger partial charge in [0.2, 0.25) is 0 Å². The summed E-state index contributed by atoms with van der Waals surface area (Å²) in [6, 6.07) is 0. The van der Waals surface area contributed by atoms with Gasteiger partial charge < -0.3 is 0 Å². The number of aromatic nitrogens is 4. The molecule has 4 nitrogen and oxygen atoms in total. The van der Waals surface area contributed by atoms with Gasteiger partial charge in [0.1, 0.15) is 5.03 Å². The molecule has 0 aliphatic heterocycles. The van der Waals surface area contributed by atoms with Crippen molar-refractivity contribution in [1.29, 1.82) is 0 Å². The lowest BCUT2D eigenvalue weighted by molar-refractivity contribution is -0.146. The first-order chi connectivity index (χ1) is 9.75. The van der Waals surface area contributed by atoms with Gasteiger partial charge in [0, 0.05) is 11.3 Å². The Bertz CT molecular complexity index is 651. The number of hydrogen-bond donors (Lipinski definition) is 0. The van der Waals surface area contributed by atoms with Crippen LogP contribution in [0.15, 0.2) is 5.03 Å². The molecule has 0 spiro atoms. The number of halogens is 3. The average Bonchev–Trinajstić information content (AvgIpc) is 2.84. The maximum absolute atomic E-state index is 12.9. The van der Waals surface area contributed by atoms with Crippen LogP contribution in [0.4, 0.5) is 13.2 Å². The predicted molar refractivity (Wildman–Crippen MR) is 75.4 cm³/mol. The van der Waals surface area contributed by atoms with Crippen molar-refractivity contribution in [3.05, 3.63) is 17.0 Å². The number of alkyl halides is 3. The van der Waals surface area contributed by atoms with Gasteiger partial charge >= 0.3 is 6.18 Å². The fourth-order valence-corrected chi connectivity index (χ4v) is 2.94. The number of fused-ring (bicyclic) bond motifs is 1. The van der Waals surface area contributed by atoms with Gasteiger partial charge in [-0.2, -0.15) is 22.8 Å². The predicted octanol–water partition coefficient (Wildman–Crippen LogP) is 3.90. The van der Waals surface area contributed by atoms with E-state index in [9.17, 15) is 13.2 Å². The second-order valence-electron chi connectivity index (χ2n) is 5.14. The van der Waals surface area contributed by atoms with Gasteiger partial charge in [-0.1, -0.05) is 20.3 Å². The minimum Gasteiger partial charge on any atom is -0.187 e. The van der Waals surface area contributed by atoms with Crippen LogP contribution in [0.3, 0.4) is 0 Å². The molecule has 1 unspecified atom stereocenters. The molecule has 0 radical (unpaired) electrons. The fraction of sp³-hybridized carbons (Fsp3) is 0.615. The molecule has 2 rings (SSSR count). The summed E-state index contributed by atoms with van der Waals surface area (Å²) in [4.78, 5) is 0. The Balaban J connectivity index is 2.49. The third kappa shape index (κ3) is 3.14. The van der Waals surface area contributed by atoms with E-state index in [1.807, 2.05) is 6.92 Å². The Hall–Kier alpha value is -1.31. The molecule has 21 heavy (non-hydrogen) atoms. The molecular formula is C13H17F3N4S. The molecule has 0 saturated heterocycles. The molecule has 2 heterocycles. The van der Waals surface area contributed by atoms with E-state index in [1.165, 1.54) is 11.8 Å². The van der Waals surface area contributed by atoms with E-state index >= 15 is 0 Å². The Morgan fingerprint density at radius 3 is 2.43 bits per heavy atom. The number of hydrogen-bond acceptors (Lipinski definition) is 4. The smallest absolute Gasteiger partial charge is 0.187 e. The van der Waals surface area contributed by atoms with Crippen LogP contribution < -0.4 is 0 Å². The average molecular weight is 318 g/mol. The van der Waals surface area contributed by atoms with E-state index in [-0.39, 0.29) is 5.65 Å². The summed E-state index contributed by atoms with van der Waals surface area (Å²) in [6.07, 6.45) is -3.54. The molecular weight excluding hydrogens is 301 g/mol. The molecule has 0 N–H and O–H groups in total. The van der Waals surface area contributed by atoms with E-state index in [4.69, 9.17) is 0 Å². The molecule has 0 fully saturated rings. The van der Waals surface area contributed by atoms with E-state index in [0.717, 1.165) is 22.3 Å². The van der Waals surface area contributed by atoms with Crippen molar-refractivity contribution in [3.8, 4) is 0 Å². The SMILES string of the molecule is CCC(C)CSc1nn2c(C(F)(F)F)nnc2c(C)c1C. The summed E-state index contributed by atoms with van der Waals surface area (Å²) in [5, 5.41) is 11.6. The Morgan fingerprint density at radius 2 is 1.86 bits per heavy atom. The van der Waals surface area contributed by atoms with Gasteiger partial charge in [0.15, 0.2) is 5.65 Å². The number of nitrogens with zero attached hydrogens (tertiary/aromatic N) is 4. The van der Waals surface area contributed by atoms with Crippen molar-refractivity contribution in [1.82, 2.24) is 19.8 Å². The standard InChI is InChI=1S/C13H17F3N4S/c1-5-7(2)6-21-11-9(4)8(3)10-17-18-12(13(14,15)16)20(10)19-11/h7H,5-6H2,1-4H3. The van der Waals surface area contributed by atoms with Gasteiger partial charge in [0.05, 0.1) is 0 Å². The Labute approximate surface area is 125 Å². The molecule has 8 heteroatoms. The van der Waals surface area contributed by atoms with E-state index in [1.54, 1.807) is 6.92 Å². The fourth-order valence-electron chi connectivity index (χ4n) is 1.76. The number of aryl methyl sites for hydroxylation is 1. The van der Waals surface area contributed by atoms with Crippen molar-refractivity contribution in [3.63, 3.8) is 0 Å². The van der Waals surface area contributed by atoms with Crippen LogP contribution >= 0.6 is 11.8 Å². The van der Waals surface area contributed by atoms with Crippen molar-refractivity contribution < 1.29 is 13.2 Å². The number of rotatable bonds is 4. The zero-order valence-electron chi connectivity index (χ0n) is 12.3. The second-order valence-corrected chi connectivity index (χ2v) is 6.15.